The number of allylic oxidation sites excluding steroid dienone is 2. The molecule has 2 atom stereocenters. The van der Waals surface area contributed by atoms with E-state index in [9.17, 15) is 0 Å². The lowest BCUT2D eigenvalue weighted by Gasteiger charge is -2.43. The molecule has 0 spiro atoms. The molecular weight excluding hydrogens is 387 g/mol. The minimum absolute atomic E-state index is 0.451. The van der Waals surface area contributed by atoms with Crippen molar-refractivity contribution in [1.82, 2.24) is 0 Å². The lowest BCUT2D eigenvalue weighted by molar-refractivity contribution is 0.914. The lowest BCUT2D eigenvalue weighted by Crippen LogP contribution is -2.47. The second-order valence-electron chi connectivity index (χ2n) is 7.97. The highest BCUT2D eigenvalue weighted by Gasteiger charge is 2.52. The summed E-state index contributed by atoms with van der Waals surface area (Å²) in [5.41, 5.74) is 8.97. The van der Waals surface area contributed by atoms with Gasteiger partial charge in [-0.1, -0.05) is 97.7 Å². The molecule has 0 saturated carbocycles. The number of halogens is 2. The molecule has 27 heavy (non-hydrogen) atoms. The molecule has 140 valence electrons. The number of rotatable bonds is 4. The first kappa shape index (κ1) is 19.1. The van der Waals surface area contributed by atoms with Gasteiger partial charge in [0.05, 0.1) is 8.07 Å². The molecule has 0 amide bonds. The molecule has 3 heteroatoms. The summed E-state index contributed by atoms with van der Waals surface area (Å²) in [4.78, 5) is 0. The van der Waals surface area contributed by atoms with Gasteiger partial charge in [-0.2, -0.15) is 0 Å². The summed E-state index contributed by atoms with van der Waals surface area (Å²) in [6, 6.07) is 19.9. The van der Waals surface area contributed by atoms with Crippen LogP contribution in [0.2, 0.25) is 12.1 Å². The van der Waals surface area contributed by atoms with Gasteiger partial charge in [-0.15, -0.1) is 0 Å². The Morgan fingerprint density at radius 1 is 0.704 bits per heavy atom. The number of benzene rings is 2. The van der Waals surface area contributed by atoms with E-state index in [2.05, 4.69) is 76.2 Å². The number of hydrogen-bond donors (Lipinski definition) is 0. The molecule has 0 fully saturated rings. The van der Waals surface area contributed by atoms with Crippen LogP contribution in [0.3, 0.4) is 0 Å². The van der Waals surface area contributed by atoms with Crippen LogP contribution < -0.4 is 0 Å². The Labute approximate surface area is 173 Å². The summed E-state index contributed by atoms with van der Waals surface area (Å²) in [6.07, 6.45) is 0. The highest BCUT2D eigenvalue weighted by atomic mass is 35.5. The average Bonchev–Trinajstić information content (AvgIpc) is 3.11. The standard InChI is InChI=1S/C24H26Cl2Si/c1-5-27(6-2,23-15(3)21(25)17-11-7-9-13-19(17)23)24-16(4)22(26)18-12-8-10-14-20(18)24/h7-14,23-24H,5-6H2,1-4H3. The van der Waals surface area contributed by atoms with Crippen LogP contribution in [0.25, 0.3) is 10.1 Å². The van der Waals surface area contributed by atoms with Gasteiger partial charge in [-0.3, -0.25) is 0 Å². The molecule has 0 bridgehead atoms. The highest BCUT2D eigenvalue weighted by molar-refractivity contribution is 6.84. The van der Waals surface area contributed by atoms with E-state index in [1.165, 1.54) is 45.5 Å². The van der Waals surface area contributed by atoms with E-state index in [1.807, 2.05) is 0 Å². The maximum absolute atomic E-state index is 6.84. The number of fused-ring (bicyclic) bond motifs is 2. The molecule has 0 aromatic heterocycles. The van der Waals surface area contributed by atoms with E-state index >= 15 is 0 Å². The van der Waals surface area contributed by atoms with Crippen molar-refractivity contribution in [2.75, 3.05) is 0 Å². The summed E-state index contributed by atoms with van der Waals surface area (Å²) >= 11 is 13.7. The molecule has 0 radical (unpaired) electrons. The van der Waals surface area contributed by atoms with Crippen LogP contribution in [-0.4, -0.2) is 8.07 Å². The molecule has 2 unspecified atom stereocenters. The summed E-state index contributed by atoms with van der Waals surface area (Å²) < 4.78 is 0. The third-order valence-electron chi connectivity index (χ3n) is 7.04. The van der Waals surface area contributed by atoms with Gasteiger partial charge in [0.15, 0.2) is 0 Å². The largest absolute Gasteiger partial charge is 0.0837 e. The molecule has 2 aliphatic carbocycles. The minimum atomic E-state index is -1.87. The van der Waals surface area contributed by atoms with Crippen LogP contribution in [0.5, 0.6) is 0 Å². The molecule has 0 aliphatic heterocycles. The van der Waals surface area contributed by atoms with Crippen molar-refractivity contribution in [3.05, 3.63) is 81.9 Å². The topological polar surface area (TPSA) is 0 Å². The Kier molecular flexibility index (Phi) is 4.91. The molecule has 0 N–H and O–H groups in total. The van der Waals surface area contributed by atoms with Crippen molar-refractivity contribution in [3.8, 4) is 0 Å². The van der Waals surface area contributed by atoms with Crippen molar-refractivity contribution in [1.29, 1.82) is 0 Å². The van der Waals surface area contributed by atoms with Crippen molar-refractivity contribution < 1.29 is 0 Å². The van der Waals surface area contributed by atoms with Crippen LogP contribution in [0, 0.1) is 0 Å². The Morgan fingerprint density at radius 2 is 1.07 bits per heavy atom. The average molecular weight is 413 g/mol. The maximum atomic E-state index is 6.84. The van der Waals surface area contributed by atoms with E-state index in [1.54, 1.807) is 0 Å². The number of hydrogen-bond acceptors (Lipinski definition) is 0. The zero-order valence-electron chi connectivity index (χ0n) is 16.4. The van der Waals surface area contributed by atoms with E-state index in [0.29, 0.717) is 11.1 Å². The molecular formula is C24H26Cl2Si. The predicted molar refractivity (Wildman–Crippen MR) is 122 cm³/mol. The van der Waals surface area contributed by atoms with Gasteiger partial charge in [-0.25, -0.2) is 0 Å². The van der Waals surface area contributed by atoms with Crippen molar-refractivity contribution in [2.45, 2.75) is 50.9 Å². The fourth-order valence-corrected chi connectivity index (χ4v) is 12.7. The first-order valence-corrected chi connectivity index (χ1v) is 13.2. The minimum Gasteiger partial charge on any atom is -0.0837 e. The van der Waals surface area contributed by atoms with Crippen molar-refractivity contribution in [2.24, 2.45) is 0 Å². The Morgan fingerprint density at radius 3 is 1.44 bits per heavy atom. The SMILES string of the molecule is CC[Si](CC)(C1C(C)=C(Cl)c2ccccc21)C1C(C)=C(Cl)c2ccccc21. The second kappa shape index (κ2) is 6.95. The van der Waals surface area contributed by atoms with Crippen LogP contribution in [0.15, 0.2) is 59.7 Å². The fraction of sp³-hybridized carbons (Fsp3) is 0.333. The summed E-state index contributed by atoms with van der Waals surface area (Å²) in [5.74, 6) is 0. The van der Waals surface area contributed by atoms with Crippen LogP contribution in [0.4, 0.5) is 0 Å². The van der Waals surface area contributed by atoms with Gasteiger partial charge < -0.3 is 0 Å². The molecule has 2 aromatic rings. The molecule has 0 nitrogen and oxygen atoms in total. The van der Waals surface area contributed by atoms with Crippen LogP contribution >= 0.6 is 23.2 Å². The smallest absolute Gasteiger partial charge is 0.0777 e. The van der Waals surface area contributed by atoms with Crippen LogP contribution in [-0.2, 0) is 0 Å². The van der Waals surface area contributed by atoms with E-state index in [0.717, 1.165) is 10.1 Å². The Balaban J connectivity index is 1.97. The molecule has 0 heterocycles. The third-order valence-corrected chi connectivity index (χ3v) is 14.5. The van der Waals surface area contributed by atoms with Crippen molar-refractivity contribution in [3.63, 3.8) is 0 Å². The zero-order chi connectivity index (χ0) is 19.3. The molecule has 2 aliphatic rings. The first-order valence-electron chi connectivity index (χ1n) is 9.89. The quantitative estimate of drug-likeness (QED) is 0.444. The second-order valence-corrected chi connectivity index (χ2v) is 13.8. The maximum Gasteiger partial charge on any atom is 0.0777 e. The molecule has 0 saturated heterocycles. The zero-order valence-corrected chi connectivity index (χ0v) is 19.0. The Bertz CT molecular complexity index is 890. The molecule has 4 rings (SSSR count). The fourth-order valence-electron chi connectivity index (χ4n) is 5.76. The monoisotopic (exact) mass is 412 g/mol. The van der Waals surface area contributed by atoms with E-state index in [-0.39, 0.29) is 0 Å². The van der Waals surface area contributed by atoms with Gasteiger partial charge in [0.2, 0.25) is 0 Å². The third kappa shape index (κ3) is 2.55. The van der Waals surface area contributed by atoms with Gasteiger partial charge in [0.25, 0.3) is 0 Å². The van der Waals surface area contributed by atoms with Gasteiger partial charge in [0.1, 0.15) is 0 Å². The van der Waals surface area contributed by atoms with Gasteiger partial charge in [0, 0.05) is 21.1 Å². The highest BCUT2D eigenvalue weighted by Crippen LogP contribution is 2.58. The summed E-state index contributed by atoms with van der Waals surface area (Å²) in [6.45, 7) is 9.28. The predicted octanol–water partition coefficient (Wildman–Crippen LogP) is 8.09. The van der Waals surface area contributed by atoms with Gasteiger partial charge >= 0.3 is 0 Å². The van der Waals surface area contributed by atoms with Gasteiger partial charge in [-0.05, 0) is 47.2 Å². The summed E-state index contributed by atoms with van der Waals surface area (Å²) in [5, 5.41) is 1.93. The normalized spacial score (nSPS) is 21.7. The Hall–Kier alpha value is -1.28. The molecule has 2 aromatic carbocycles. The first-order chi connectivity index (χ1) is 13.0. The van der Waals surface area contributed by atoms with Crippen LogP contribution in [0.1, 0.15) is 61.0 Å². The lowest BCUT2D eigenvalue weighted by atomic mass is 10.1. The van der Waals surface area contributed by atoms with Crippen molar-refractivity contribution >= 4 is 41.3 Å². The van der Waals surface area contributed by atoms with E-state index < -0.39 is 8.07 Å². The summed E-state index contributed by atoms with van der Waals surface area (Å²) in [7, 11) is -1.87. The van der Waals surface area contributed by atoms with E-state index in [4.69, 9.17) is 23.2 Å².